The predicted molar refractivity (Wildman–Crippen MR) is 47.2 cm³/mol. The molecule has 1 unspecified atom stereocenters. The number of carbonyl (C=O) groups excluding carboxylic acids is 1. The molecule has 0 saturated heterocycles. The molecule has 0 aliphatic carbocycles. The fourth-order valence-corrected chi connectivity index (χ4v) is 1.51. The summed E-state index contributed by atoms with van der Waals surface area (Å²) in [7, 11) is 0. The third-order valence-electron chi connectivity index (χ3n) is 1.46. The largest absolute Gasteiger partial charge is 0.382 e. The highest BCUT2D eigenvalue weighted by atomic mass is 32.1. The zero-order valence-electron chi connectivity index (χ0n) is 7.07. The lowest BCUT2D eigenvalue weighted by atomic mass is 10.0. The zero-order valence-corrected chi connectivity index (χ0v) is 7.89. The number of rotatable bonds is 3. The Labute approximate surface area is 75.1 Å². The van der Waals surface area contributed by atoms with Gasteiger partial charge in [0.2, 0.25) is 0 Å². The maximum absolute atomic E-state index is 10.4. The van der Waals surface area contributed by atoms with Crippen molar-refractivity contribution in [3.05, 3.63) is 16.1 Å². The highest BCUT2D eigenvalue weighted by Crippen LogP contribution is 2.13. The van der Waals surface area contributed by atoms with Crippen LogP contribution in [-0.4, -0.2) is 22.0 Å². The summed E-state index contributed by atoms with van der Waals surface area (Å²) in [5.74, 6) is 0. The van der Waals surface area contributed by atoms with Gasteiger partial charge in [0.25, 0.3) is 0 Å². The lowest BCUT2D eigenvalue weighted by molar-refractivity contribution is -0.122. The van der Waals surface area contributed by atoms with Crippen LogP contribution < -0.4 is 0 Å². The Morgan fingerprint density at radius 2 is 2.50 bits per heavy atom. The van der Waals surface area contributed by atoms with Gasteiger partial charge in [-0.2, -0.15) is 0 Å². The Balaban J connectivity index is 2.69. The molecule has 4 heteroatoms. The average Bonchev–Trinajstić information content (AvgIpc) is 2.35. The Morgan fingerprint density at radius 3 is 2.92 bits per heavy atom. The zero-order chi connectivity index (χ0) is 9.19. The van der Waals surface area contributed by atoms with Gasteiger partial charge < -0.3 is 9.90 Å². The van der Waals surface area contributed by atoms with Gasteiger partial charge in [0.15, 0.2) is 6.29 Å². The molecular formula is C8H11NO2S. The summed E-state index contributed by atoms with van der Waals surface area (Å²) in [6, 6.07) is 0. The lowest BCUT2D eigenvalue weighted by Gasteiger charge is -2.12. The summed E-state index contributed by atoms with van der Waals surface area (Å²) in [6.07, 6.45) is 0.836. The van der Waals surface area contributed by atoms with Crippen LogP contribution in [-0.2, 0) is 11.2 Å². The van der Waals surface area contributed by atoms with Crippen molar-refractivity contribution in [3.63, 3.8) is 0 Å². The number of carbonyl (C=O) groups is 1. The first-order chi connectivity index (χ1) is 5.53. The second kappa shape index (κ2) is 3.33. The van der Waals surface area contributed by atoms with Crippen LogP contribution in [0.3, 0.4) is 0 Å². The van der Waals surface area contributed by atoms with Gasteiger partial charge >= 0.3 is 0 Å². The van der Waals surface area contributed by atoms with Gasteiger partial charge in [0, 0.05) is 11.8 Å². The normalized spacial score (nSPS) is 15.6. The maximum Gasteiger partial charge on any atom is 0.151 e. The summed E-state index contributed by atoms with van der Waals surface area (Å²) >= 11 is 1.52. The molecule has 0 fully saturated rings. The van der Waals surface area contributed by atoms with Crippen LogP contribution in [0.5, 0.6) is 0 Å². The number of nitrogens with zero attached hydrogens (tertiary/aromatic N) is 1. The molecule has 0 saturated carbocycles. The molecule has 0 spiro atoms. The van der Waals surface area contributed by atoms with Crippen molar-refractivity contribution < 1.29 is 9.90 Å². The minimum atomic E-state index is -1.28. The molecule has 1 rings (SSSR count). The first kappa shape index (κ1) is 9.35. The van der Waals surface area contributed by atoms with Gasteiger partial charge in [0.1, 0.15) is 5.60 Å². The number of hydrogen-bond donors (Lipinski definition) is 1. The Morgan fingerprint density at radius 1 is 1.83 bits per heavy atom. The van der Waals surface area contributed by atoms with Crippen molar-refractivity contribution in [2.45, 2.75) is 25.9 Å². The van der Waals surface area contributed by atoms with Crippen molar-refractivity contribution in [2.75, 3.05) is 0 Å². The van der Waals surface area contributed by atoms with E-state index in [-0.39, 0.29) is 0 Å². The van der Waals surface area contributed by atoms with E-state index in [9.17, 15) is 9.90 Å². The fraction of sp³-hybridized carbons (Fsp3) is 0.500. The van der Waals surface area contributed by atoms with Gasteiger partial charge in [0.05, 0.1) is 10.7 Å². The van der Waals surface area contributed by atoms with Crippen LogP contribution in [0.4, 0.5) is 0 Å². The molecule has 66 valence electrons. The monoisotopic (exact) mass is 185 g/mol. The van der Waals surface area contributed by atoms with Crippen molar-refractivity contribution in [3.8, 4) is 0 Å². The molecule has 3 nitrogen and oxygen atoms in total. The molecule has 1 aromatic rings. The topological polar surface area (TPSA) is 50.2 Å². The van der Waals surface area contributed by atoms with E-state index in [2.05, 4.69) is 4.98 Å². The maximum atomic E-state index is 10.4. The Bertz CT molecular complexity index is 280. The van der Waals surface area contributed by atoms with E-state index in [1.165, 1.54) is 18.3 Å². The Kier molecular flexibility index (Phi) is 2.59. The van der Waals surface area contributed by atoms with E-state index in [1.807, 2.05) is 12.3 Å². The molecule has 12 heavy (non-hydrogen) atoms. The van der Waals surface area contributed by atoms with E-state index in [0.717, 1.165) is 10.7 Å². The minimum absolute atomic E-state index is 0.292. The van der Waals surface area contributed by atoms with Crippen LogP contribution >= 0.6 is 11.3 Å². The number of aldehydes is 1. The smallest absolute Gasteiger partial charge is 0.151 e. The van der Waals surface area contributed by atoms with Crippen LogP contribution in [0.25, 0.3) is 0 Å². The van der Waals surface area contributed by atoms with Crippen molar-refractivity contribution in [1.82, 2.24) is 4.98 Å². The molecule has 1 heterocycles. The van der Waals surface area contributed by atoms with Gasteiger partial charge in [-0.25, -0.2) is 4.98 Å². The second-order valence-corrected chi connectivity index (χ2v) is 4.07. The molecule has 0 aliphatic heterocycles. The molecule has 1 atom stereocenters. The second-order valence-electron chi connectivity index (χ2n) is 3.01. The van der Waals surface area contributed by atoms with E-state index in [1.54, 1.807) is 0 Å². The molecule has 0 aliphatic rings. The number of aryl methyl sites for hydroxylation is 1. The molecule has 1 N–H and O–H groups in total. The predicted octanol–water partition coefficient (Wildman–Crippen LogP) is 0.944. The third kappa shape index (κ3) is 2.39. The van der Waals surface area contributed by atoms with Gasteiger partial charge in [-0.15, -0.1) is 11.3 Å². The molecule has 0 amide bonds. The van der Waals surface area contributed by atoms with Crippen molar-refractivity contribution >= 4 is 17.6 Å². The summed E-state index contributed by atoms with van der Waals surface area (Å²) in [5, 5.41) is 12.2. The highest BCUT2D eigenvalue weighted by molar-refractivity contribution is 7.09. The summed E-state index contributed by atoms with van der Waals surface area (Å²) < 4.78 is 0. The van der Waals surface area contributed by atoms with E-state index in [4.69, 9.17) is 0 Å². The molecular weight excluding hydrogens is 174 g/mol. The SMILES string of the molecule is Cc1nc(CC(C)(O)C=O)cs1. The number of hydrogen-bond acceptors (Lipinski definition) is 4. The van der Waals surface area contributed by atoms with Crippen LogP contribution in [0, 0.1) is 6.92 Å². The lowest BCUT2D eigenvalue weighted by Crippen LogP contribution is -2.28. The first-order valence-corrected chi connectivity index (χ1v) is 4.51. The highest BCUT2D eigenvalue weighted by Gasteiger charge is 2.20. The van der Waals surface area contributed by atoms with Gasteiger partial charge in [-0.05, 0) is 13.8 Å². The number of aliphatic hydroxyl groups is 1. The van der Waals surface area contributed by atoms with Crippen LogP contribution in [0.15, 0.2) is 5.38 Å². The molecule has 1 aromatic heterocycles. The van der Waals surface area contributed by atoms with E-state index < -0.39 is 5.60 Å². The van der Waals surface area contributed by atoms with Gasteiger partial charge in [-0.3, -0.25) is 0 Å². The average molecular weight is 185 g/mol. The molecule has 0 radical (unpaired) electrons. The van der Waals surface area contributed by atoms with Crippen molar-refractivity contribution in [1.29, 1.82) is 0 Å². The number of aromatic nitrogens is 1. The molecule has 0 aromatic carbocycles. The number of thiazole rings is 1. The standard InChI is InChI=1S/C8H11NO2S/c1-6-9-7(4-12-6)3-8(2,11)5-10/h4-5,11H,3H2,1-2H3. The van der Waals surface area contributed by atoms with E-state index >= 15 is 0 Å². The third-order valence-corrected chi connectivity index (χ3v) is 2.28. The molecule has 0 bridgehead atoms. The van der Waals surface area contributed by atoms with Crippen LogP contribution in [0.2, 0.25) is 0 Å². The van der Waals surface area contributed by atoms with Crippen LogP contribution in [0.1, 0.15) is 17.6 Å². The van der Waals surface area contributed by atoms with E-state index in [0.29, 0.717) is 12.7 Å². The summed E-state index contributed by atoms with van der Waals surface area (Å²) in [4.78, 5) is 14.5. The quantitative estimate of drug-likeness (QED) is 0.713. The Hall–Kier alpha value is -0.740. The minimum Gasteiger partial charge on any atom is -0.382 e. The van der Waals surface area contributed by atoms with Gasteiger partial charge in [-0.1, -0.05) is 0 Å². The first-order valence-electron chi connectivity index (χ1n) is 3.63. The van der Waals surface area contributed by atoms with Crippen molar-refractivity contribution in [2.24, 2.45) is 0 Å². The fourth-order valence-electron chi connectivity index (χ4n) is 0.898. The summed E-state index contributed by atoms with van der Waals surface area (Å²) in [5.41, 5.74) is -0.504. The summed E-state index contributed by atoms with van der Waals surface area (Å²) in [6.45, 7) is 3.37.